The van der Waals surface area contributed by atoms with E-state index in [9.17, 15) is 9.18 Å². The van der Waals surface area contributed by atoms with Gasteiger partial charge in [-0.05, 0) is 63.1 Å². The minimum absolute atomic E-state index is 0.0930. The summed E-state index contributed by atoms with van der Waals surface area (Å²) in [6, 6.07) is 10.2. The Bertz CT molecular complexity index is 1040. The van der Waals surface area contributed by atoms with Crippen molar-refractivity contribution in [2.45, 2.75) is 32.6 Å². The zero-order valence-corrected chi connectivity index (χ0v) is 17.1. The number of pyridine rings is 1. The summed E-state index contributed by atoms with van der Waals surface area (Å²) in [6.45, 7) is 5.10. The largest absolute Gasteiger partial charge is 0.355 e. The molecule has 4 rings (SSSR count). The highest BCUT2D eigenvalue weighted by molar-refractivity contribution is 5.92. The Labute approximate surface area is 175 Å². The highest BCUT2D eigenvalue weighted by atomic mass is 19.1. The molecule has 30 heavy (non-hydrogen) atoms. The molecule has 1 saturated heterocycles. The maximum absolute atomic E-state index is 13.2. The number of anilines is 2. The normalized spacial score (nSPS) is 16.4. The Kier molecular flexibility index (Phi) is 5.70. The molecule has 0 spiro atoms. The van der Waals surface area contributed by atoms with Gasteiger partial charge in [0, 0.05) is 48.0 Å². The molecule has 1 amide bonds. The second-order valence-corrected chi connectivity index (χ2v) is 7.69. The number of hydrogen-bond donors (Lipinski definition) is 1. The molecule has 1 fully saturated rings. The summed E-state index contributed by atoms with van der Waals surface area (Å²) in [6.07, 6.45) is 5.03. The van der Waals surface area contributed by atoms with Gasteiger partial charge in [0.25, 0.3) is 5.91 Å². The molecule has 1 N–H and O–H groups in total. The van der Waals surface area contributed by atoms with Gasteiger partial charge >= 0.3 is 0 Å². The molecule has 2 aromatic heterocycles. The third-order valence-electron chi connectivity index (χ3n) is 5.23. The van der Waals surface area contributed by atoms with Gasteiger partial charge in [-0.1, -0.05) is 0 Å². The van der Waals surface area contributed by atoms with Crippen LogP contribution in [0.25, 0.3) is 0 Å². The molecule has 7 heteroatoms. The summed E-state index contributed by atoms with van der Waals surface area (Å²) in [5, 5.41) is 3.31. The fourth-order valence-corrected chi connectivity index (χ4v) is 3.74. The standard InChI is InChI=1S/C23H24FN5O/c1-15-10-20(28-19-7-5-18(24)6-8-19)11-21(27-15)17-4-3-9-29(14-17)23(30)22-13-25-16(2)12-26-22/h5-8,10-13,17H,3-4,9,14H2,1-2H3,(H,27,28)/t17-/m1/s1. The topological polar surface area (TPSA) is 71.0 Å². The summed E-state index contributed by atoms with van der Waals surface area (Å²) in [5.41, 5.74) is 4.71. The van der Waals surface area contributed by atoms with Gasteiger partial charge in [0.15, 0.2) is 0 Å². The van der Waals surface area contributed by atoms with Crippen LogP contribution in [0.5, 0.6) is 0 Å². The molecule has 6 nitrogen and oxygen atoms in total. The summed E-state index contributed by atoms with van der Waals surface area (Å²) < 4.78 is 13.2. The van der Waals surface area contributed by atoms with E-state index in [4.69, 9.17) is 4.98 Å². The van der Waals surface area contributed by atoms with Crippen LogP contribution >= 0.6 is 0 Å². The van der Waals surface area contributed by atoms with E-state index < -0.39 is 0 Å². The van der Waals surface area contributed by atoms with Gasteiger partial charge in [0.1, 0.15) is 11.5 Å². The molecule has 0 unspecified atom stereocenters. The van der Waals surface area contributed by atoms with Crippen LogP contribution in [0.4, 0.5) is 15.8 Å². The Morgan fingerprint density at radius 3 is 2.60 bits per heavy atom. The van der Waals surface area contributed by atoms with Crippen molar-refractivity contribution < 1.29 is 9.18 Å². The number of amides is 1. The lowest BCUT2D eigenvalue weighted by Gasteiger charge is -2.32. The number of carbonyl (C=O) groups is 1. The maximum Gasteiger partial charge on any atom is 0.274 e. The van der Waals surface area contributed by atoms with E-state index in [0.717, 1.165) is 41.3 Å². The molecule has 0 radical (unpaired) electrons. The quantitative estimate of drug-likeness (QED) is 0.697. The van der Waals surface area contributed by atoms with Crippen molar-refractivity contribution >= 4 is 17.3 Å². The van der Waals surface area contributed by atoms with E-state index in [1.165, 1.54) is 18.3 Å². The van der Waals surface area contributed by atoms with Gasteiger partial charge in [-0.15, -0.1) is 0 Å². The first-order valence-electron chi connectivity index (χ1n) is 10.1. The predicted molar refractivity (Wildman–Crippen MR) is 113 cm³/mol. The fourth-order valence-electron chi connectivity index (χ4n) is 3.74. The molecule has 3 aromatic rings. The van der Waals surface area contributed by atoms with Crippen LogP contribution in [0.1, 0.15) is 46.3 Å². The van der Waals surface area contributed by atoms with Crippen LogP contribution in [-0.2, 0) is 0 Å². The first-order valence-corrected chi connectivity index (χ1v) is 10.1. The van der Waals surface area contributed by atoms with Crippen molar-refractivity contribution in [3.63, 3.8) is 0 Å². The Balaban J connectivity index is 1.51. The summed E-state index contributed by atoms with van der Waals surface area (Å²) in [7, 11) is 0. The summed E-state index contributed by atoms with van der Waals surface area (Å²) >= 11 is 0. The van der Waals surface area contributed by atoms with E-state index in [0.29, 0.717) is 18.8 Å². The molecular formula is C23H24FN5O. The van der Waals surface area contributed by atoms with Crippen LogP contribution in [-0.4, -0.2) is 38.8 Å². The van der Waals surface area contributed by atoms with Crippen LogP contribution in [0.2, 0.25) is 0 Å². The number of likely N-dealkylation sites (tertiary alicyclic amines) is 1. The van der Waals surface area contributed by atoms with Crippen molar-refractivity contribution in [3.8, 4) is 0 Å². The van der Waals surface area contributed by atoms with Gasteiger partial charge in [0.2, 0.25) is 0 Å². The number of aromatic nitrogens is 3. The first kappa shape index (κ1) is 19.9. The van der Waals surface area contributed by atoms with Crippen LogP contribution < -0.4 is 5.32 Å². The molecule has 0 aliphatic carbocycles. The second kappa shape index (κ2) is 8.57. The Hall–Kier alpha value is -3.35. The van der Waals surface area contributed by atoms with Gasteiger partial charge in [-0.25, -0.2) is 9.37 Å². The zero-order chi connectivity index (χ0) is 21.1. The average Bonchev–Trinajstić information content (AvgIpc) is 2.75. The van der Waals surface area contributed by atoms with E-state index in [1.54, 1.807) is 18.3 Å². The predicted octanol–water partition coefficient (Wildman–Crippen LogP) is 4.39. The molecule has 1 aliphatic heterocycles. The van der Waals surface area contributed by atoms with Gasteiger partial charge in [-0.2, -0.15) is 0 Å². The van der Waals surface area contributed by atoms with E-state index in [-0.39, 0.29) is 17.6 Å². The molecule has 154 valence electrons. The highest BCUT2D eigenvalue weighted by Crippen LogP contribution is 2.29. The molecule has 1 atom stereocenters. The maximum atomic E-state index is 13.2. The van der Waals surface area contributed by atoms with Crippen molar-refractivity contribution in [1.82, 2.24) is 19.9 Å². The zero-order valence-electron chi connectivity index (χ0n) is 17.1. The summed E-state index contributed by atoms with van der Waals surface area (Å²) in [5.74, 6) is -0.211. The summed E-state index contributed by atoms with van der Waals surface area (Å²) in [4.78, 5) is 27.8. The lowest BCUT2D eigenvalue weighted by Crippen LogP contribution is -2.39. The fraction of sp³-hybridized carbons (Fsp3) is 0.304. The minimum Gasteiger partial charge on any atom is -0.355 e. The molecule has 1 aliphatic rings. The number of carbonyl (C=O) groups excluding carboxylic acids is 1. The first-order chi connectivity index (χ1) is 14.5. The van der Waals surface area contributed by atoms with Crippen molar-refractivity contribution in [2.75, 3.05) is 18.4 Å². The molecular weight excluding hydrogens is 381 g/mol. The Morgan fingerprint density at radius 1 is 1.07 bits per heavy atom. The molecule has 0 bridgehead atoms. The minimum atomic E-state index is -0.266. The number of piperidine rings is 1. The lowest BCUT2D eigenvalue weighted by atomic mass is 9.93. The molecule has 3 heterocycles. The third-order valence-corrected chi connectivity index (χ3v) is 5.23. The number of nitrogens with one attached hydrogen (secondary N) is 1. The third kappa shape index (κ3) is 4.62. The monoisotopic (exact) mass is 405 g/mol. The van der Waals surface area contributed by atoms with Crippen LogP contribution in [0, 0.1) is 19.7 Å². The van der Waals surface area contributed by atoms with Crippen LogP contribution in [0.15, 0.2) is 48.8 Å². The van der Waals surface area contributed by atoms with Gasteiger partial charge in [-0.3, -0.25) is 14.8 Å². The van der Waals surface area contributed by atoms with Gasteiger partial charge in [0.05, 0.1) is 11.9 Å². The van der Waals surface area contributed by atoms with Crippen molar-refractivity contribution in [2.24, 2.45) is 0 Å². The van der Waals surface area contributed by atoms with Gasteiger partial charge < -0.3 is 10.2 Å². The Morgan fingerprint density at radius 2 is 1.87 bits per heavy atom. The average molecular weight is 405 g/mol. The number of nitrogens with zero attached hydrogens (tertiary/aromatic N) is 4. The van der Waals surface area contributed by atoms with Crippen molar-refractivity contribution in [1.29, 1.82) is 0 Å². The number of rotatable bonds is 4. The highest BCUT2D eigenvalue weighted by Gasteiger charge is 2.27. The van der Waals surface area contributed by atoms with E-state index in [2.05, 4.69) is 15.3 Å². The van der Waals surface area contributed by atoms with Crippen LogP contribution in [0.3, 0.4) is 0 Å². The van der Waals surface area contributed by atoms with E-state index in [1.807, 2.05) is 30.9 Å². The number of benzene rings is 1. The molecule has 0 saturated carbocycles. The van der Waals surface area contributed by atoms with Crippen molar-refractivity contribution in [3.05, 3.63) is 77.4 Å². The molecule has 1 aromatic carbocycles. The smallest absolute Gasteiger partial charge is 0.274 e. The second-order valence-electron chi connectivity index (χ2n) is 7.69. The lowest BCUT2D eigenvalue weighted by molar-refractivity contribution is 0.0699. The number of halogens is 1. The number of hydrogen-bond acceptors (Lipinski definition) is 5. The SMILES string of the molecule is Cc1cnc(C(=O)N2CCC[C@@H](c3cc(Nc4ccc(F)cc4)cc(C)n3)C2)cn1. The number of aryl methyl sites for hydroxylation is 2. The van der Waals surface area contributed by atoms with E-state index >= 15 is 0 Å².